The molecule has 8 nitrogen and oxygen atoms in total. The molecule has 3 aromatic rings. The van der Waals surface area contributed by atoms with Crippen molar-refractivity contribution in [3.8, 4) is 5.69 Å². The van der Waals surface area contributed by atoms with Gasteiger partial charge in [-0.15, -0.1) is 0 Å². The summed E-state index contributed by atoms with van der Waals surface area (Å²) < 4.78 is 20.8. The molecule has 0 saturated carbocycles. The van der Waals surface area contributed by atoms with E-state index in [0.29, 0.717) is 44.8 Å². The zero-order valence-electron chi connectivity index (χ0n) is 23.8. The summed E-state index contributed by atoms with van der Waals surface area (Å²) in [5.74, 6) is -0.212. The number of aromatic nitrogens is 2. The SMILES string of the molecule is Cc1ccc(-n2ncc(C(=O)N3CCN(c4ccc(F)cc4)CC3)c2C2CCN(C(=O)OC(C)(C)C)CC2)cc1. The Labute approximate surface area is 235 Å². The molecule has 0 atom stereocenters. The van der Waals surface area contributed by atoms with Crippen LogP contribution in [0.15, 0.2) is 54.7 Å². The number of piperazine rings is 1. The van der Waals surface area contributed by atoms with E-state index >= 15 is 0 Å². The number of carbonyl (C=O) groups excluding carboxylic acids is 2. The minimum atomic E-state index is -0.543. The first-order valence-corrected chi connectivity index (χ1v) is 14.0. The Balaban J connectivity index is 1.35. The third-order valence-electron chi connectivity index (χ3n) is 7.61. The lowest BCUT2D eigenvalue weighted by Gasteiger charge is -2.37. The monoisotopic (exact) mass is 547 g/mol. The molecule has 40 heavy (non-hydrogen) atoms. The summed E-state index contributed by atoms with van der Waals surface area (Å²) in [4.78, 5) is 32.4. The normalized spacial score (nSPS) is 16.8. The summed E-state index contributed by atoms with van der Waals surface area (Å²) in [5.41, 5.74) is 4.00. The van der Waals surface area contributed by atoms with E-state index in [1.165, 1.54) is 12.1 Å². The number of halogens is 1. The fraction of sp³-hybridized carbons (Fsp3) is 0.452. The highest BCUT2D eigenvalue weighted by molar-refractivity contribution is 5.95. The topological polar surface area (TPSA) is 70.9 Å². The number of aryl methyl sites for hydroxylation is 1. The number of carbonyl (C=O) groups is 2. The Morgan fingerprint density at radius 1 is 0.850 bits per heavy atom. The largest absolute Gasteiger partial charge is 0.444 e. The minimum absolute atomic E-state index is 0.0262. The number of anilines is 1. The number of amides is 2. The van der Waals surface area contributed by atoms with Gasteiger partial charge in [-0.25, -0.2) is 13.9 Å². The van der Waals surface area contributed by atoms with Gasteiger partial charge in [0.25, 0.3) is 5.91 Å². The van der Waals surface area contributed by atoms with Crippen LogP contribution in [0.3, 0.4) is 0 Å². The molecule has 2 fully saturated rings. The van der Waals surface area contributed by atoms with E-state index in [4.69, 9.17) is 9.84 Å². The molecule has 0 aliphatic carbocycles. The highest BCUT2D eigenvalue weighted by Gasteiger charge is 2.34. The second-order valence-electron chi connectivity index (χ2n) is 11.7. The number of ether oxygens (including phenoxy) is 1. The molecule has 3 heterocycles. The number of hydrogen-bond donors (Lipinski definition) is 0. The number of rotatable bonds is 4. The van der Waals surface area contributed by atoms with Crippen LogP contribution in [0.2, 0.25) is 0 Å². The van der Waals surface area contributed by atoms with Crippen molar-refractivity contribution in [2.24, 2.45) is 0 Å². The average molecular weight is 548 g/mol. The van der Waals surface area contributed by atoms with Gasteiger partial charge in [-0.05, 0) is 76.9 Å². The van der Waals surface area contributed by atoms with Crippen molar-refractivity contribution in [1.82, 2.24) is 19.6 Å². The van der Waals surface area contributed by atoms with E-state index in [-0.39, 0.29) is 23.7 Å². The summed E-state index contributed by atoms with van der Waals surface area (Å²) in [5, 5.41) is 4.70. The molecule has 9 heteroatoms. The predicted molar refractivity (Wildman–Crippen MR) is 153 cm³/mol. The summed E-state index contributed by atoms with van der Waals surface area (Å²) in [6.07, 6.45) is 2.84. The van der Waals surface area contributed by atoms with Crippen LogP contribution in [0.4, 0.5) is 14.9 Å². The molecular weight excluding hydrogens is 509 g/mol. The zero-order chi connectivity index (χ0) is 28.4. The molecule has 2 aliphatic heterocycles. The second-order valence-corrected chi connectivity index (χ2v) is 11.7. The van der Waals surface area contributed by atoms with Crippen molar-refractivity contribution in [2.45, 2.75) is 52.1 Å². The van der Waals surface area contributed by atoms with Crippen LogP contribution >= 0.6 is 0 Å². The first-order chi connectivity index (χ1) is 19.1. The molecule has 0 unspecified atom stereocenters. The highest BCUT2D eigenvalue weighted by atomic mass is 19.1. The smallest absolute Gasteiger partial charge is 0.410 e. The van der Waals surface area contributed by atoms with E-state index in [9.17, 15) is 14.0 Å². The number of hydrogen-bond acceptors (Lipinski definition) is 5. The maximum absolute atomic E-state index is 13.9. The molecule has 0 radical (unpaired) electrons. The van der Waals surface area contributed by atoms with Crippen LogP contribution in [-0.4, -0.2) is 76.5 Å². The number of benzene rings is 2. The lowest BCUT2D eigenvalue weighted by Crippen LogP contribution is -2.49. The molecule has 2 aliphatic rings. The maximum Gasteiger partial charge on any atom is 0.410 e. The van der Waals surface area contributed by atoms with E-state index in [1.54, 1.807) is 23.2 Å². The lowest BCUT2D eigenvalue weighted by molar-refractivity contribution is 0.0203. The molecule has 5 rings (SSSR count). The van der Waals surface area contributed by atoms with Crippen LogP contribution in [0, 0.1) is 12.7 Å². The average Bonchev–Trinajstić information content (AvgIpc) is 3.38. The highest BCUT2D eigenvalue weighted by Crippen LogP contribution is 2.33. The van der Waals surface area contributed by atoms with Gasteiger partial charge in [0.1, 0.15) is 11.4 Å². The Bertz CT molecular complexity index is 1330. The first kappa shape index (κ1) is 27.7. The molecule has 2 saturated heterocycles. The third-order valence-corrected chi connectivity index (χ3v) is 7.61. The summed E-state index contributed by atoms with van der Waals surface area (Å²) >= 11 is 0. The van der Waals surface area contributed by atoms with Crippen molar-refractivity contribution in [3.63, 3.8) is 0 Å². The predicted octanol–water partition coefficient (Wildman–Crippen LogP) is 5.40. The van der Waals surface area contributed by atoms with Crippen molar-refractivity contribution in [1.29, 1.82) is 0 Å². The lowest BCUT2D eigenvalue weighted by atomic mass is 9.90. The summed E-state index contributed by atoms with van der Waals surface area (Å²) in [7, 11) is 0. The fourth-order valence-corrected chi connectivity index (χ4v) is 5.46. The van der Waals surface area contributed by atoms with Gasteiger partial charge in [0, 0.05) is 50.9 Å². The molecule has 0 N–H and O–H groups in total. The van der Waals surface area contributed by atoms with Crippen molar-refractivity contribution in [3.05, 3.63) is 77.4 Å². The molecule has 0 bridgehead atoms. The number of likely N-dealkylation sites (tertiary alicyclic amines) is 1. The molecule has 1 aromatic heterocycles. The minimum Gasteiger partial charge on any atom is -0.444 e. The Kier molecular flexibility index (Phi) is 7.83. The van der Waals surface area contributed by atoms with Gasteiger partial charge in [0.15, 0.2) is 0 Å². The Hall–Kier alpha value is -3.88. The molecular formula is C31H38FN5O3. The van der Waals surface area contributed by atoms with Gasteiger partial charge in [-0.3, -0.25) is 4.79 Å². The van der Waals surface area contributed by atoms with Gasteiger partial charge in [-0.1, -0.05) is 17.7 Å². The van der Waals surface area contributed by atoms with Crippen LogP contribution in [0.25, 0.3) is 5.69 Å². The summed E-state index contributed by atoms with van der Waals surface area (Å²) in [6.45, 7) is 11.3. The van der Waals surface area contributed by atoms with E-state index in [2.05, 4.69) is 4.90 Å². The molecule has 0 spiro atoms. The van der Waals surface area contributed by atoms with Crippen molar-refractivity contribution >= 4 is 17.7 Å². The van der Waals surface area contributed by atoms with Gasteiger partial charge in [-0.2, -0.15) is 5.10 Å². The van der Waals surface area contributed by atoms with Gasteiger partial charge >= 0.3 is 6.09 Å². The van der Waals surface area contributed by atoms with E-state index in [0.717, 1.165) is 35.5 Å². The first-order valence-electron chi connectivity index (χ1n) is 14.0. The third kappa shape index (κ3) is 6.13. The van der Waals surface area contributed by atoms with Crippen molar-refractivity contribution < 1.29 is 18.7 Å². The standard InChI is InChI=1S/C31H38FN5O3/c1-22-5-9-26(10-6-22)37-28(23-13-15-36(16-14-23)30(39)40-31(2,3)4)27(21-33-37)29(38)35-19-17-34(18-20-35)25-11-7-24(32)8-12-25/h5-12,21,23H,13-20H2,1-4H3. The quantitative estimate of drug-likeness (QED) is 0.438. The summed E-state index contributed by atoms with van der Waals surface area (Å²) in [6, 6.07) is 14.6. The molecule has 212 valence electrons. The van der Waals surface area contributed by atoms with Crippen LogP contribution in [-0.2, 0) is 4.74 Å². The number of piperidine rings is 1. The van der Waals surface area contributed by atoms with E-state index in [1.807, 2.05) is 61.5 Å². The van der Waals surface area contributed by atoms with Crippen molar-refractivity contribution in [2.75, 3.05) is 44.2 Å². The number of nitrogens with zero attached hydrogens (tertiary/aromatic N) is 5. The van der Waals surface area contributed by atoms with Gasteiger partial charge in [0.05, 0.1) is 23.1 Å². The maximum atomic E-state index is 13.9. The zero-order valence-corrected chi connectivity index (χ0v) is 23.8. The van der Waals surface area contributed by atoms with Gasteiger partial charge < -0.3 is 19.4 Å². The fourth-order valence-electron chi connectivity index (χ4n) is 5.46. The van der Waals surface area contributed by atoms with Crippen LogP contribution < -0.4 is 4.90 Å². The Morgan fingerprint density at radius 2 is 1.45 bits per heavy atom. The second kappa shape index (κ2) is 11.3. The van der Waals surface area contributed by atoms with Gasteiger partial charge in [0.2, 0.25) is 0 Å². The van der Waals surface area contributed by atoms with Crippen LogP contribution in [0.5, 0.6) is 0 Å². The van der Waals surface area contributed by atoms with E-state index < -0.39 is 5.60 Å². The molecule has 2 aromatic carbocycles. The van der Waals surface area contributed by atoms with Crippen LogP contribution in [0.1, 0.15) is 61.1 Å². The Morgan fingerprint density at radius 3 is 2.05 bits per heavy atom. The molecule has 2 amide bonds.